The van der Waals surface area contributed by atoms with E-state index < -0.39 is 5.91 Å². The number of ether oxygens (including phenoxy) is 1. The van der Waals surface area contributed by atoms with Gasteiger partial charge in [-0.05, 0) is 60.9 Å². The summed E-state index contributed by atoms with van der Waals surface area (Å²) in [5.74, 6) is -0.134. The molecule has 1 aliphatic rings. The van der Waals surface area contributed by atoms with Crippen molar-refractivity contribution >= 4 is 51.9 Å². The van der Waals surface area contributed by atoms with Gasteiger partial charge < -0.3 is 10.5 Å². The van der Waals surface area contributed by atoms with Crippen LogP contribution < -0.4 is 15.4 Å². The number of thiocarbonyl (C=S) groups is 1. The Balaban J connectivity index is 1.79. The lowest BCUT2D eigenvalue weighted by Gasteiger charge is -2.15. The third kappa shape index (κ3) is 4.37. The Morgan fingerprint density at radius 2 is 1.89 bits per heavy atom. The largest absolute Gasteiger partial charge is 0.484 e. The van der Waals surface area contributed by atoms with E-state index in [9.17, 15) is 9.59 Å². The molecule has 5 nitrogen and oxygen atoms in total. The number of aryl methyl sites for hydroxylation is 2. The molecule has 1 heterocycles. The highest BCUT2D eigenvalue weighted by molar-refractivity contribution is 8.27. The minimum atomic E-state index is -0.533. The second kappa shape index (κ2) is 7.94. The van der Waals surface area contributed by atoms with Crippen LogP contribution in [-0.2, 0) is 9.59 Å². The van der Waals surface area contributed by atoms with E-state index in [1.165, 1.54) is 17.3 Å². The van der Waals surface area contributed by atoms with Crippen molar-refractivity contribution in [1.29, 1.82) is 0 Å². The molecule has 0 radical (unpaired) electrons. The van der Waals surface area contributed by atoms with Crippen molar-refractivity contribution in [1.82, 2.24) is 0 Å². The molecule has 1 aliphatic heterocycles. The Morgan fingerprint density at radius 3 is 2.52 bits per heavy atom. The number of primary amides is 1. The zero-order valence-electron chi connectivity index (χ0n) is 14.9. The van der Waals surface area contributed by atoms with E-state index in [0.29, 0.717) is 15.0 Å². The van der Waals surface area contributed by atoms with Gasteiger partial charge in [-0.1, -0.05) is 42.2 Å². The fraction of sp³-hybridized carbons (Fsp3) is 0.150. The lowest BCUT2D eigenvalue weighted by atomic mass is 10.1. The fourth-order valence-electron chi connectivity index (χ4n) is 2.52. The number of carbonyl (C=O) groups excluding carboxylic acids is 2. The Bertz CT molecular complexity index is 952. The number of nitrogens with zero attached hydrogens (tertiary/aromatic N) is 1. The SMILES string of the molecule is Cc1ccc(N2C(=O)/C(=C/c3ccc(OCC(N)=O)cc3)SC2=S)cc1C. The lowest BCUT2D eigenvalue weighted by molar-refractivity contribution is -0.120. The van der Waals surface area contributed by atoms with Crippen LogP contribution in [0, 0.1) is 13.8 Å². The molecular weight excluding hydrogens is 380 g/mol. The van der Waals surface area contributed by atoms with Crippen molar-refractivity contribution in [2.24, 2.45) is 5.73 Å². The standard InChI is InChI=1S/C20H18N2O3S2/c1-12-3-6-15(9-13(12)2)22-19(24)17(27-20(22)26)10-14-4-7-16(8-5-14)25-11-18(21)23/h3-10H,11H2,1-2H3,(H2,21,23)/b17-10-. The molecule has 7 heteroatoms. The average molecular weight is 399 g/mol. The predicted molar refractivity (Wildman–Crippen MR) is 113 cm³/mol. The second-order valence-electron chi connectivity index (χ2n) is 6.11. The summed E-state index contributed by atoms with van der Waals surface area (Å²) >= 11 is 6.69. The molecule has 0 bridgehead atoms. The van der Waals surface area contributed by atoms with Crippen LogP contribution >= 0.6 is 24.0 Å². The minimum Gasteiger partial charge on any atom is -0.484 e. The molecule has 0 unspecified atom stereocenters. The van der Waals surface area contributed by atoms with Crippen LogP contribution in [-0.4, -0.2) is 22.7 Å². The van der Waals surface area contributed by atoms with Gasteiger partial charge in [0.15, 0.2) is 10.9 Å². The molecule has 0 atom stereocenters. The Kier molecular flexibility index (Phi) is 5.62. The van der Waals surface area contributed by atoms with E-state index in [-0.39, 0.29) is 12.5 Å². The van der Waals surface area contributed by atoms with Crippen molar-refractivity contribution in [3.8, 4) is 5.75 Å². The predicted octanol–water partition coefficient (Wildman–Crippen LogP) is 3.57. The molecule has 0 spiro atoms. The summed E-state index contributed by atoms with van der Waals surface area (Å²) in [4.78, 5) is 25.7. The average Bonchev–Trinajstić information content (AvgIpc) is 2.90. The first-order valence-electron chi connectivity index (χ1n) is 8.21. The van der Waals surface area contributed by atoms with Gasteiger partial charge in [-0.15, -0.1) is 0 Å². The molecule has 3 rings (SSSR count). The zero-order valence-corrected chi connectivity index (χ0v) is 16.5. The number of hydrogen-bond donors (Lipinski definition) is 1. The Morgan fingerprint density at radius 1 is 1.19 bits per heavy atom. The summed E-state index contributed by atoms with van der Waals surface area (Å²) in [6, 6.07) is 12.9. The maximum absolute atomic E-state index is 12.8. The van der Waals surface area contributed by atoms with Gasteiger partial charge in [0.1, 0.15) is 5.75 Å². The highest BCUT2D eigenvalue weighted by atomic mass is 32.2. The van der Waals surface area contributed by atoms with Gasteiger partial charge in [0.2, 0.25) is 0 Å². The van der Waals surface area contributed by atoms with E-state index in [0.717, 1.165) is 16.8 Å². The number of benzene rings is 2. The highest BCUT2D eigenvalue weighted by Crippen LogP contribution is 2.36. The van der Waals surface area contributed by atoms with Crippen molar-refractivity contribution in [3.63, 3.8) is 0 Å². The van der Waals surface area contributed by atoms with Crippen LogP contribution in [0.1, 0.15) is 16.7 Å². The summed E-state index contributed by atoms with van der Waals surface area (Å²) in [5.41, 5.74) is 8.94. The topological polar surface area (TPSA) is 72.6 Å². The van der Waals surface area contributed by atoms with E-state index >= 15 is 0 Å². The summed E-state index contributed by atoms with van der Waals surface area (Å²) < 4.78 is 5.74. The van der Waals surface area contributed by atoms with Crippen molar-refractivity contribution < 1.29 is 14.3 Å². The first-order valence-corrected chi connectivity index (χ1v) is 9.44. The second-order valence-corrected chi connectivity index (χ2v) is 7.79. The molecule has 0 aromatic heterocycles. The Hall–Kier alpha value is -2.64. The third-order valence-electron chi connectivity index (χ3n) is 4.10. The van der Waals surface area contributed by atoms with Crippen LogP contribution in [0.15, 0.2) is 47.4 Å². The number of carbonyl (C=O) groups is 2. The summed E-state index contributed by atoms with van der Waals surface area (Å²) in [5, 5.41) is 0. The lowest BCUT2D eigenvalue weighted by Crippen LogP contribution is -2.27. The maximum Gasteiger partial charge on any atom is 0.270 e. The van der Waals surface area contributed by atoms with Crippen LogP contribution in [0.25, 0.3) is 6.08 Å². The molecule has 2 amide bonds. The monoisotopic (exact) mass is 398 g/mol. The van der Waals surface area contributed by atoms with Crippen LogP contribution in [0.5, 0.6) is 5.75 Å². The first kappa shape index (κ1) is 19.1. The minimum absolute atomic E-state index is 0.137. The van der Waals surface area contributed by atoms with Gasteiger partial charge >= 0.3 is 0 Å². The molecule has 2 N–H and O–H groups in total. The molecular formula is C20H18N2O3S2. The third-order valence-corrected chi connectivity index (χ3v) is 5.40. The molecule has 138 valence electrons. The number of thioether (sulfide) groups is 1. The number of nitrogens with two attached hydrogens (primary N) is 1. The number of amides is 2. The molecule has 2 aromatic carbocycles. The highest BCUT2D eigenvalue weighted by Gasteiger charge is 2.33. The van der Waals surface area contributed by atoms with Gasteiger partial charge in [0, 0.05) is 0 Å². The normalized spacial score (nSPS) is 15.5. The molecule has 1 saturated heterocycles. The van der Waals surface area contributed by atoms with Gasteiger partial charge in [0.05, 0.1) is 10.6 Å². The fourth-order valence-corrected chi connectivity index (χ4v) is 3.82. The number of rotatable bonds is 5. The Labute approximate surface area is 167 Å². The van der Waals surface area contributed by atoms with Gasteiger partial charge in [-0.2, -0.15) is 0 Å². The van der Waals surface area contributed by atoms with E-state index in [2.05, 4.69) is 0 Å². The maximum atomic E-state index is 12.8. The van der Waals surface area contributed by atoms with Crippen LogP contribution in [0.3, 0.4) is 0 Å². The van der Waals surface area contributed by atoms with Gasteiger partial charge in [-0.3, -0.25) is 14.5 Å². The summed E-state index contributed by atoms with van der Waals surface area (Å²) in [7, 11) is 0. The molecule has 0 saturated carbocycles. The summed E-state index contributed by atoms with van der Waals surface area (Å²) in [6.45, 7) is 3.86. The van der Waals surface area contributed by atoms with Crippen LogP contribution in [0.2, 0.25) is 0 Å². The smallest absolute Gasteiger partial charge is 0.270 e. The van der Waals surface area contributed by atoms with Crippen LogP contribution in [0.4, 0.5) is 5.69 Å². The molecule has 1 fully saturated rings. The van der Waals surface area contributed by atoms with E-state index in [4.69, 9.17) is 22.7 Å². The van der Waals surface area contributed by atoms with Crippen molar-refractivity contribution in [2.75, 3.05) is 11.5 Å². The van der Waals surface area contributed by atoms with Gasteiger partial charge in [-0.25, -0.2) is 0 Å². The quantitative estimate of drug-likeness (QED) is 0.616. The zero-order chi connectivity index (χ0) is 19.6. The number of hydrogen-bond acceptors (Lipinski definition) is 5. The van der Waals surface area contributed by atoms with E-state index in [1.54, 1.807) is 35.2 Å². The molecule has 2 aromatic rings. The summed E-state index contributed by atoms with van der Waals surface area (Å²) in [6.07, 6.45) is 1.79. The number of anilines is 1. The first-order chi connectivity index (χ1) is 12.8. The van der Waals surface area contributed by atoms with Crippen molar-refractivity contribution in [2.45, 2.75) is 13.8 Å². The van der Waals surface area contributed by atoms with E-state index in [1.807, 2.05) is 32.0 Å². The molecule has 27 heavy (non-hydrogen) atoms. The van der Waals surface area contributed by atoms with Crippen molar-refractivity contribution in [3.05, 3.63) is 64.1 Å². The van der Waals surface area contributed by atoms with Gasteiger partial charge in [0.25, 0.3) is 11.8 Å². The molecule has 0 aliphatic carbocycles.